The third kappa shape index (κ3) is 2.88. The molecule has 0 aliphatic carbocycles. The zero-order chi connectivity index (χ0) is 17.6. The van der Waals surface area contributed by atoms with Crippen LogP contribution in [0.15, 0.2) is 47.4 Å². The Bertz CT molecular complexity index is 1020. The molecule has 5 nitrogen and oxygen atoms in total. The normalized spacial score (nSPS) is 19.4. The number of amides is 2. The molecule has 3 aromatic rings. The molecule has 0 spiro atoms. The number of halogens is 1. The maximum atomic E-state index is 12.8. The van der Waals surface area contributed by atoms with E-state index in [-0.39, 0.29) is 5.91 Å². The standard InChI is InChI=1S/C17H12ClN3O2S2/c1-17(14(22)19-10-4-2-3-5-12(10)25-17)15(23)21-16-20-11-7-6-9(18)8-13(11)24-16/h2-8H,1H3,(H,19,22)(H,20,21,23). The highest BCUT2D eigenvalue weighted by atomic mass is 35.5. The Morgan fingerprint density at radius 2 is 2.08 bits per heavy atom. The van der Waals surface area contributed by atoms with Gasteiger partial charge in [-0.05, 0) is 37.3 Å². The van der Waals surface area contributed by atoms with Crippen LogP contribution in [0.4, 0.5) is 10.8 Å². The number of anilines is 2. The topological polar surface area (TPSA) is 71.1 Å². The predicted molar refractivity (Wildman–Crippen MR) is 103 cm³/mol. The summed E-state index contributed by atoms with van der Waals surface area (Å²) in [6, 6.07) is 12.7. The minimum absolute atomic E-state index is 0.349. The van der Waals surface area contributed by atoms with Crippen molar-refractivity contribution in [3.8, 4) is 0 Å². The van der Waals surface area contributed by atoms with Crippen LogP contribution in [0.2, 0.25) is 5.02 Å². The Hall–Kier alpha value is -2.09. The zero-order valence-electron chi connectivity index (χ0n) is 13.0. The van der Waals surface area contributed by atoms with E-state index in [0.717, 1.165) is 20.8 Å². The van der Waals surface area contributed by atoms with Crippen molar-refractivity contribution in [2.24, 2.45) is 0 Å². The Labute approximate surface area is 156 Å². The minimum Gasteiger partial charge on any atom is -0.323 e. The fourth-order valence-corrected chi connectivity index (χ4v) is 4.72. The van der Waals surface area contributed by atoms with Gasteiger partial charge in [-0.1, -0.05) is 46.8 Å². The summed E-state index contributed by atoms with van der Waals surface area (Å²) in [6.07, 6.45) is 0. The van der Waals surface area contributed by atoms with E-state index in [4.69, 9.17) is 11.6 Å². The molecule has 25 heavy (non-hydrogen) atoms. The maximum absolute atomic E-state index is 12.8. The third-order valence-corrected chi connectivity index (χ3v) is 6.41. The van der Waals surface area contributed by atoms with E-state index < -0.39 is 10.7 Å². The molecule has 0 bridgehead atoms. The average molecular weight is 390 g/mol. The molecule has 2 N–H and O–H groups in total. The van der Waals surface area contributed by atoms with Gasteiger partial charge in [0.15, 0.2) is 9.88 Å². The van der Waals surface area contributed by atoms with Crippen LogP contribution in [-0.4, -0.2) is 21.5 Å². The summed E-state index contributed by atoms with van der Waals surface area (Å²) in [7, 11) is 0. The lowest BCUT2D eigenvalue weighted by Gasteiger charge is -2.31. The van der Waals surface area contributed by atoms with Crippen molar-refractivity contribution in [2.45, 2.75) is 16.6 Å². The van der Waals surface area contributed by atoms with Gasteiger partial charge >= 0.3 is 0 Å². The number of benzene rings is 2. The molecule has 0 saturated carbocycles. The highest BCUT2D eigenvalue weighted by Gasteiger charge is 2.46. The first-order chi connectivity index (χ1) is 12.0. The maximum Gasteiger partial charge on any atom is 0.252 e. The van der Waals surface area contributed by atoms with Gasteiger partial charge in [0.2, 0.25) is 5.91 Å². The zero-order valence-corrected chi connectivity index (χ0v) is 15.4. The molecule has 0 saturated heterocycles. The number of carbonyl (C=O) groups excluding carboxylic acids is 2. The molecular formula is C17H12ClN3O2S2. The van der Waals surface area contributed by atoms with Crippen molar-refractivity contribution in [1.29, 1.82) is 0 Å². The number of thioether (sulfide) groups is 1. The lowest BCUT2D eigenvalue weighted by atomic mass is 10.1. The number of rotatable bonds is 2. The van der Waals surface area contributed by atoms with Crippen LogP contribution < -0.4 is 10.6 Å². The molecule has 1 aliphatic rings. The monoisotopic (exact) mass is 389 g/mol. The fourth-order valence-electron chi connectivity index (χ4n) is 2.48. The van der Waals surface area contributed by atoms with E-state index in [1.807, 2.05) is 24.3 Å². The van der Waals surface area contributed by atoms with Crippen LogP contribution in [0.25, 0.3) is 10.2 Å². The summed E-state index contributed by atoms with van der Waals surface area (Å²) in [5.74, 6) is -0.757. The Balaban J connectivity index is 1.62. The Morgan fingerprint density at radius 1 is 1.28 bits per heavy atom. The van der Waals surface area contributed by atoms with Crippen molar-refractivity contribution in [1.82, 2.24) is 4.98 Å². The summed E-state index contributed by atoms with van der Waals surface area (Å²) < 4.78 is -0.400. The molecule has 0 radical (unpaired) electrons. The average Bonchev–Trinajstić information content (AvgIpc) is 2.97. The first-order valence-corrected chi connectivity index (χ1v) is 9.44. The second-order valence-corrected chi connectivity index (χ2v) is 8.60. The van der Waals surface area contributed by atoms with E-state index in [0.29, 0.717) is 10.2 Å². The highest BCUT2D eigenvalue weighted by Crippen LogP contribution is 2.43. The molecule has 8 heteroatoms. The quantitative estimate of drug-likeness (QED) is 0.637. The SMILES string of the molecule is CC1(C(=O)Nc2nc3ccc(Cl)cc3s2)Sc2ccccc2NC1=O. The van der Waals surface area contributed by atoms with Crippen molar-refractivity contribution >= 4 is 67.5 Å². The second kappa shape index (κ2) is 6.01. The molecule has 126 valence electrons. The number of hydrogen-bond donors (Lipinski definition) is 2. The number of hydrogen-bond acceptors (Lipinski definition) is 5. The van der Waals surface area contributed by atoms with Gasteiger partial charge in [-0.2, -0.15) is 0 Å². The number of para-hydroxylation sites is 1. The van der Waals surface area contributed by atoms with E-state index in [1.165, 1.54) is 23.1 Å². The lowest BCUT2D eigenvalue weighted by Crippen LogP contribution is -2.49. The van der Waals surface area contributed by atoms with Crippen LogP contribution in [0.1, 0.15) is 6.92 Å². The largest absolute Gasteiger partial charge is 0.323 e. The molecule has 1 unspecified atom stereocenters. The van der Waals surface area contributed by atoms with Crippen molar-refractivity contribution in [3.63, 3.8) is 0 Å². The number of nitrogens with one attached hydrogen (secondary N) is 2. The molecule has 4 rings (SSSR count). The Kier molecular flexibility index (Phi) is 3.94. The van der Waals surface area contributed by atoms with Gasteiger partial charge in [-0.15, -0.1) is 0 Å². The van der Waals surface area contributed by atoms with E-state index in [9.17, 15) is 9.59 Å². The van der Waals surface area contributed by atoms with Crippen LogP contribution in [-0.2, 0) is 9.59 Å². The first-order valence-electron chi connectivity index (χ1n) is 7.43. The van der Waals surface area contributed by atoms with Crippen molar-refractivity contribution < 1.29 is 9.59 Å². The number of fused-ring (bicyclic) bond motifs is 2. The van der Waals surface area contributed by atoms with E-state index >= 15 is 0 Å². The summed E-state index contributed by atoms with van der Waals surface area (Å²) in [6.45, 7) is 1.61. The Morgan fingerprint density at radius 3 is 2.92 bits per heavy atom. The second-order valence-electron chi connectivity index (χ2n) is 5.67. The third-order valence-electron chi connectivity index (χ3n) is 3.89. The van der Waals surface area contributed by atoms with Crippen LogP contribution in [0.3, 0.4) is 0 Å². The predicted octanol–water partition coefficient (Wildman–Crippen LogP) is 4.39. The smallest absolute Gasteiger partial charge is 0.252 e. The number of aromatic nitrogens is 1. The fraction of sp³-hybridized carbons (Fsp3) is 0.118. The summed E-state index contributed by atoms with van der Waals surface area (Å²) in [5, 5.41) is 6.61. The van der Waals surface area contributed by atoms with Crippen molar-refractivity contribution in [2.75, 3.05) is 10.6 Å². The summed E-state index contributed by atoms with van der Waals surface area (Å²) >= 11 is 8.54. The summed E-state index contributed by atoms with van der Waals surface area (Å²) in [4.78, 5) is 30.5. The van der Waals surface area contributed by atoms with E-state index in [1.54, 1.807) is 25.1 Å². The van der Waals surface area contributed by atoms with Crippen LogP contribution in [0.5, 0.6) is 0 Å². The molecule has 0 fully saturated rings. The molecule has 2 amide bonds. The lowest BCUT2D eigenvalue weighted by molar-refractivity contribution is -0.126. The number of thiazole rings is 1. The number of nitrogens with zero attached hydrogens (tertiary/aromatic N) is 1. The first kappa shape index (κ1) is 16.4. The molecular weight excluding hydrogens is 378 g/mol. The van der Waals surface area contributed by atoms with Gasteiger partial charge in [0.05, 0.1) is 15.9 Å². The van der Waals surface area contributed by atoms with E-state index in [2.05, 4.69) is 15.6 Å². The molecule has 2 heterocycles. The summed E-state index contributed by atoms with van der Waals surface area (Å²) in [5.41, 5.74) is 1.47. The highest BCUT2D eigenvalue weighted by molar-refractivity contribution is 8.02. The van der Waals surface area contributed by atoms with Gasteiger partial charge in [0.25, 0.3) is 5.91 Å². The van der Waals surface area contributed by atoms with Gasteiger partial charge in [0.1, 0.15) is 0 Å². The molecule has 1 aromatic heterocycles. The molecule has 2 aromatic carbocycles. The van der Waals surface area contributed by atoms with Gasteiger partial charge in [-0.3, -0.25) is 9.59 Å². The van der Waals surface area contributed by atoms with Gasteiger partial charge < -0.3 is 10.6 Å². The van der Waals surface area contributed by atoms with Gasteiger partial charge in [-0.25, -0.2) is 4.98 Å². The van der Waals surface area contributed by atoms with Crippen molar-refractivity contribution in [3.05, 3.63) is 47.5 Å². The number of carbonyl (C=O) groups is 2. The molecule has 1 atom stereocenters. The minimum atomic E-state index is -1.27. The van der Waals surface area contributed by atoms with Crippen LogP contribution in [0, 0.1) is 0 Å². The molecule has 1 aliphatic heterocycles. The van der Waals surface area contributed by atoms with Crippen LogP contribution >= 0.6 is 34.7 Å². The van der Waals surface area contributed by atoms with Gasteiger partial charge in [0, 0.05) is 9.92 Å².